The van der Waals surface area contributed by atoms with Crippen LogP contribution in [0, 0.1) is 13.8 Å². The average Bonchev–Trinajstić information content (AvgIpc) is 2.67. The van der Waals surface area contributed by atoms with Gasteiger partial charge in [0.25, 0.3) is 0 Å². The van der Waals surface area contributed by atoms with E-state index in [0.717, 1.165) is 32.7 Å². The van der Waals surface area contributed by atoms with Gasteiger partial charge in [0.2, 0.25) is 0 Å². The van der Waals surface area contributed by atoms with Crippen LogP contribution < -0.4 is 5.32 Å². The van der Waals surface area contributed by atoms with Crippen LogP contribution in [0.5, 0.6) is 0 Å². The van der Waals surface area contributed by atoms with Crippen LogP contribution in [-0.2, 0) is 6.54 Å². The molecule has 2 heterocycles. The lowest BCUT2D eigenvalue weighted by Gasteiger charge is -2.27. The molecule has 1 saturated heterocycles. The Kier molecular flexibility index (Phi) is 3.10. The fraction of sp³-hybridized carbons (Fsp3) is 0.467. The second-order valence-electron chi connectivity index (χ2n) is 5.30. The summed E-state index contributed by atoms with van der Waals surface area (Å²) in [6.07, 6.45) is 0. The van der Waals surface area contributed by atoms with Gasteiger partial charge in [-0.3, -0.25) is 4.90 Å². The smallest absolute Gasteiger partial charge is 0.0459 e. The summed E-state index contributed by atoms with van der Waals surface area (Å²) in [5, 5.41) is 4.80. The first-order valence-electron chi connectivity index (χ1n) is 6.75. The van der Waals surface area contributed by atoms with Gasteiger partial charge >= 0.3 is 0 Å². The minimum Gasteiger partial charge on any atom is -0.358 e. The second kappa shape index (κ2) is 4.75. The Hall–Kier alpha value is -1.32. The number of aromatic nitrogens is 1. The summed E-state index contributed by atoms with van der Waals surface area (Å²) in [4.78, 5) is 6.04. The molecule has 0 amide bonds. The van der Waals surface area contributed by atoms with Crippen molar-refractivity contribution in [1.29, 1.82) is 0 Å². The third-order valence-electron chi connectivity index (χ3n) is 3.87. The van der Waals surface area contributed by atoms with Crippen molar-refractivity contribution in [2.75, 3.05) is 26.2 Å². The van der Waals surface area contributed by atoms with Crippen molar-refractivity contribution in [3.63, 3.8) is 0 Å². The lowest BCUT2D eigenvalue weighted by Crippen LogP contribution is -2.42. The Labute approximate surface area is 108 Å². The normalized spacial score (nSPS) is 17.4. The molecule has 0 atom stereocenters. The van der Waals surface area contributed by atoms with E-state index in [1.54, 1.807) is 0 Å². The first kappa shape index (κ1) is 11.8. The molecule has 18 heavy (non-hydrogen) atoms. The van der Waals surface area contributed by atoms with Gasteiger partial charge in [-0.2, -0.15) is 0 Å². The Morgan fingerprint density at radius 2 is 1.94 bits per heavy atom. The Morgan fingerprint density at radius 3 is 2.72 bits per heavy atom. The van der Waals surface area contributed by atoms with Crippen LogP contribution in [0.1, 0.15) is 16.8 Å². The highest BCUT2D eigenvalue weighted by molar-refractivity contribution is 5.85. The highest BCUT2D eigenvalue weighted by Crippen LogP contribution is 2.24. The zero-order chi connectivity index (χ0) is 12.5. The molecule has 96 valence electrons. The molecule has 2 aromatic rings. The predicted molar refractivity (Wildman–Crippen MR) is 75.9 cm³/mol. The summed E-state index contributed by atoms with van der Waals surface area (Å²) < 4.78 is 0. The SMILES string of the molecule is Cc1ccc2[nH]c(C)c(CN3CCNCC3)c2c1. The molecule has 1 fully saturated rings. The molecule has 3 rings (SSSR count). The van der Waals surface area contributed by atoms with Crippen molar-refractivity contribution in [2.45, 2.75) is 20.4 Å². The van der Waals surface area contributed by atoms with E-state index in [1.807, 2.05) is 0 Å². The molecule has 1 aliphatic heterocycles. The van der Waals surface area contributed by atoms with Gasteiger partial charge in [0, 0.05) is 49.3 Å². The quantitative estimate of drug-likeness (QED) is 0.847. The van der Waals surface area contributed by atoms with Crippen LogP contribution in [0.3, 0.4) is 0 Å². The number of nitrogens with one attached hydrogen (secondary N) is 2. The molecular formula is C15H21N3. The van der Waals surface area contributed by atoms with Gasteiger partial charge in [-0.1, -0.05) is 11.6 Å². The number of hydrogen-bond donors (Lipinski definition) is 2. The van der Waals surface area contributed by atoms with Gasteiger partial charge in [0.15, 0.2) is 0 Å². The fourth-order valence-electron chi connectivity index (χ4n) is 2.79. The van der Waals surface area contributed by atoms with Crippen LogP contribution in [0.4, 0.5) is 0 Å². The van der Waals surface area contributed by atoms with E-state index in [1.165, 1.54) is 27.7 Å². The number of nitrogens with zero attached hydrogens (tertiary/aromatic N) is 1. The van der Waals surface area contributed by atoms with Crippen molar-refractivity contribution in [2.24, 2.45) is 0 Å². The number of fused-ring (bicyclic) bond motifs is 1. The Balaban J connectivity index is 1.94. The van der Waals surface area contributed by atoms with Gasteiger partial charge in [-0.05, 0) is 31.5 Å². The summed E-state index contributed by atoms with van der Waals surface area (Å²) in [5.74, 6) is 0. The zero-order valence-electron chi connectivity index (χ0n) is 11.2. The molecule has 0 radical (unpaired) electrons. The first-order valence-corrected chi connectivity index (χ1v) is 6.75. The lowest BCUT2D eigenvalue weighted by molar-refractivity contribution is 0.233. The molecule has 1 aromatic heterocycles. The van der Waals surface area contributed by atoms with Crippen LogP contribution in [-0.4, -0.2) is 36.1 Å². The van der Waals surface area contributed by atoms with Crippen molar-refractivity contribution in [1.82, 2.24) is 15.2 Å². The van der Waals surface area contributed by atoms with Gasteiger partial charge in [0.05, 0.1) is 0 Å². The number of rotatable bonds is 2. The average molecular weight is 243 g/mol. The molecule has 2 N–H and O–H groups in total. The van der Waals surface area contributed by atoms with E-state index in [2.05, 4.69) is 47.2 Å². The second-order valence-corrected chi connectivity index (χ2v) is 5.30. The fourth-order valence-corrected chi connectivity index (χ4v) is 2.79. The predicted octanol–water partition coefficient (Wildman–Crippen LogP) is 2.19. The minimum atomic E-state index is 1.07. The number of piperazine rings is 1. The van der Waals surface area contributed by atoms with Gasteiger partial charge < -0.3 is 10.3 Å². The van der Waals surface area contributed by atoms with E-state index in [9.17, 15) is 0 Å². The highest BCUT2D eigenvalue weighted by atomic mass is 15.2. The number of hydrogen-bond acceptors (Lipinski definition) is 2. The van der Waals surface area contributed by atoms with Crippen LogP contribution in [0.25, 0.3) is 10.9 Å². The third-order valence-corrected chi connectivity index (χ3v) is 3.87. The molecule has 3 heteroatoms. The summed E-state index contributed by atoms with van der Waals surface area (Å²) in [5.41, 5.74) is 5.39. The van der Waals surface area contributed by atoms with Crippen LogP contribution >= 0.6 is 0 Å². The maximum atomic E-state index is 3.50. The molecule has 0 bridgehead atoms. The maximum Gasteiger partial charge on any atom is 0.0459 e. The summed E-state index contributed by atoms with van der Waals surface area (Å²) in [6.45, 7) is 9.94. The Morgan fingerprint density at radius 1 is 1.17 bits per heavy atom. The maximum absolute atomic E-state index is 3.50. The number of H-pyrrole nitrogens is 1. The van der Waals surface area contributed by atoms with Crippen molar-refractivity contribution in [3.8, 4) is 0 Å². The molecule has 1 aromatic carbocycles. The number of benzene rings is 1. The topological polar surface area (TPSA) is 31.1 Å². The van der Waals surface area contributed by atoms with E-state index in [-0.39, 0.29) is 0 Å². The summed E-state index contributed by atoms with van der Waals surface area (Å²) >= 11 is 0. The molecule has 0 aliphatic carbocycles. The third kappa shape index (κ3) is 2.16. The van der Waals surface area contributed by atoms with E-state index in [0.29, 0.717) is 0 Å². The number of aromatic amines is 1. The van der Waals surface area contributed by atoms with Gasteiger partial charge in [0.1, 0.15) is 0 Å². The van der Waals surface area contributed by atoms with Gasteiger partial charge in [-0.25, -0.2) is 0 Å². The lowest BCUT2D eigenvalue weighted by atomic mass is 10.1. The van der Waals surface area contributed by atoms with Gasteiger partial charge in [-0.15, -0.1) is 0 Å². The summed E-state index contributed by atoms with van der Waals surface area (Å²) in [7, 11) is 0. The molecular weight excluding hydrogens is 222 g/mol. The monoisotopic (exact) mass is 243 g/mol. The van der Waals surface area contributed by atoms with E-state index >= 15 is 0 Å². The number of aryl methyl sites for hydroxylation is 2. The highest BCUT2D eigenvalue weighted by Gasteiger charge is 2.14. The molecule has 3 nitrogen and oxygen atoms in total. The standard InChI is InChI=1S/C15H21N3/c1-11-3-4-15-13(9-11)14(12(2)17-15)10-18-7-5-16-6-8-18/h3-4,9,16-17H,5-8,10H2,1-2H3. The molecule has 0 spiro atoms. The van der Waals surface area contributed by atoms with E-state index < -0.39 is 0 Å². The minimum absolute atomic E-state index is 1.07. The zero-order valence-corrected chi connectivity index (χ0v) is 11.2. The van der Waals surface area contributed by atoms with Crippen LogP contribution in [0.15, 0.2) is 18.2 Å². The molecule has 0 unspecified atom stereocenters. The van der Waals surface area contributed by atoms with Crippen molar-refractivity contribution >= 4 is 10.9 Å². The van der Waals surface area contributed by atoms with Crippen molar-refractivity contribution in [3.05, 3.63) is 35.0 Å². The largest absolute Gasteiger partial charge is 0.358 e. The Bertz CT molecular complexity index is 550. The molecule has 1 aliphatic rings. The van der Waals surface area contributed by atoms with E-state index in [4.69, 9.17) is 0 Å². The van der Waals surface area contributed by atoms with Crippen LogP contribution in [0.2, 0.25) is 0 Å². The van der Waals surface area contributed by atoms with Crippen molar-refractivity contribution < 1.29 is 0 Å². The first-order chi connectivity index (χ1) is 8.74. The summed E-state index contributed by atoms with van der Waals surface area (Å²) in [6, 6.07) is 6.67. The molecule has 0 saturated carbocycles.